The van der Waals surface area contributed by atoms with E-state index in [0.717, 1.165) is 11.1 Å². The number of nitrogens with zero attached hydrogens (tertiary/aromatic N) is 4. The third kappa shape index (κ3) is 3.16. The molecule has 3 aromatic rings. The molecule has 0 unspecified atom stereocenters. The summed E-state index contributed by atoms with van der Waals surface area (Å²) in [7, 11) is 3.15. The number of pyridine rings is 1. The summed E-state index contributed by atoms with van der Waals surface area (Å²) in [6, 6.07) is 8.59. The Balaban J connectivity index is 1.84. The first-order chi connectivity index (χ1) is 14.0. The van der Waals surface area contributed by atoms with Crippen LogP contribution in [0.5, 0.6) is 11.5 Å². The second-order valence-electron chi connectivity index (χ2n) is 6.48. The highest BCUT2D eigenvalue weighted by Gasteiger charge is 2.33. The van der Waals surface area contributed by atoms with Gasteiger partial charge in [0.15, 0.2) is 17.3 Å². The van der Waals surface area contributed by atoms with Gasteiger partial charge in [-0.05, 0) is 42.8 Å². The van der Waals surface area contributed by atoms with Crippen molar-refractivity contribution >= 4 is 11.9 Å². The Morgan fingerprint density at radius 3 is 2.52 bits per heavy atom. The van der Waals surface area contributed by atoms with Crippen LogP contribution in [0, 0.1) is 0 Å². The van der Waals surface area contributed by atoms with E-state index in [1.165, 1.54) is 0 Å². The van der Waals surface area contributed by atoms with Crippen molar-refractivity contribution in [1.29, 1.82) is 0 Å². The molecular weight excluding hydrogens is 372 g/mol. The van der Waals surface area contributed by atoms with Crippen LogP contribution in [0.3, 0.4) is 0 Å². The molecule has 1 aliphatic heterocycles. The average molecular weight is 392 g/mol. The average Bonchev–Trinajstić information content (AvgIpc) is 3.16. The Morgan fingerprint density at radius 2 is 1.86 bits per heavy atom. The molecule has 0 fully saturated rings. The molecule has 3 heterocycles. The lowest BCUT2D eigenvalue weighted by atomic mass is 9.96. The molecule has 0 spiro atoms. The number of primary amides is 1. The molecular formula is C20H20N6O3. The Morgan fingerprint density at radius 1 is 1.14 bits per heavy atom. The first-order valence-corrected chi connectivity index (χ1v) is 8.90. The number of rotatable bonds is 5. The first-order valence-electron chi connectivity index (χ1n) is 8.90. The number of nitrogens with two attached hydrogens (primary N) is 1. The van der Waals surface area contributed by atoms with E-state index in [1.807, 2.05) is 18.2 Å². The summed E-state index contributed by atoms with van der Waals surface area (Å²) in [6.45, 7) is 1.79. The van der Waals surface area contributed by atoms with Gasteiger partial charge in [-0.1, -0.05) is 0 Å². The zero-order chi connectivity index (χ0) is 20.5. The monoisotopic (exact) mass is 392 g/mol. The molecule has 1 aromatic carbocycles. The number of anilines is 1. The second-order valence-corrected chi connectivity index (χ2v) is 6.48. The number of aromatic nitrogens is 4. The normalized spacial score (nSPS) is 15.5. The number of hydrogen-bond acceptors (Lipinski definition) is 7. The predicted octanol–water partition coefficient (Wildman–Crippen LogP) is 2.13. The maximum Gasteiger partial charge on any atom is 0.248 e. The molecule has 1 atom stereocenters. The van der Waals surface area contributed by atoms with Gasteiger partial charge in [0.05, 0.1) is 19.8 Å². The van der Waals surface area contributed by atoms with Crippen LogP contribution in [0.2, 0.25) is 0 Å². The van der Waals surface area contributed by atoms with Gasteiger partial charge in [-0.3, -0.25) is 9.78 Å². The molecule has 1 aliphatic rings. The molecule has 0 radical (unpaired) electrons. The molecule has 4 rings (SSSR count). The number of methoxy groups -OCH3 is 2. The van der Waals surface area contributed by atoms with Crippen LogP contribution < -0.4 is 20.5 Å². The summed E-state index contributed by atoms with van der Waals surface area (Å²) in [6.07, 6.45) is 3.33. The van der Waals surface area contributed by atoms with Gasteiger partial charge in [0.25, 0.3) is 0 Å². The highest BCUT2D eigenvalue weighted by Crippen LogP contribution is 2.37. The molecule has 29 heavy (non-hydrogen) atoms. The fourth-order valence-electron chi connectivity index (χ4n) is 3.42. The van der Waals surface area contributed by atoms with E-state index in [-0.39, 0.29) is 0 Å². The number of hydrogen-bond donors (Lipinski definition) is 2. The van der Waals surface area contributed by atoms with Gasteiger partial charge in [0.1, 0.15) is 6.04 Å². The van der Waals surface area contributed by atoms with Crippen LogP contribution in [0.25, 0.3) is 11.4 Å². The fraction of sp³-hybridized carbons (Fsp3) is 0.200. The number of carbonyl (C=O) groups is 1. The molecule has 9 nitrogen and oxygen atoms in total. The van der Waals surface area contributed by atoms with Gasteiger partial charge in [-0.15, -0.1) is 5.10 Å². The lowest BCUT2D eigenvalue weighted by molar-refractivity contribution is -0.115. The van der Waals surface area contributed by atoms with Crippen LogP contribution in [-0.2, 0) is 4.79 Å². The molecule has 9 heteroatoms. The van der Waals surface area contributed by atoms with Crippen LogP contribution in [0.4, 0.5) is 5.95 Å². The van der Waals surface area contributed by atoms with Crippen LogP contribution in [0.1, 0.15) is 18.5 Å². The van der Waals surface area contributed by atoms with E-state index >= 15 is 0 Å². The van der Waals surface area contributed by atoms with Gasteiger partial charge in [0.2, 0.25) is 11.9 Å². The predicted molar refractivity (Wildman–Crippen MR) is 106 cm³/mol. The Hall–Kier alpha value is -3.88. The standard InChI is InChI=1S/C20H20N6O3/c1-11-16(18(21)27)17(12-6-8-22-9-7-12)26-20(23-11)24-19(25-26)13-4-5-14(28-2)15(10-13)29-3/h4-10,17H,1-3H3,(H2,21,27)(H,23,24,25)/t17-/m1/s1. The van der Waals surface area contributed by atoms with Crippen molar-refractivity contribution in [3.63, 3.8) is 0 Å². The summed E-state index contributed by atoms with van der Waals surface area (Å²) in [5, 5.41) is 7.79. The largest absolute Gasteiger partial charge is 0.493 e. The van der Waals surface area contributed by atoms with Crippen LogP contribution in [-0.4, -0.2) is 39.9 Å². The van der Waals surface area contributed by atoms with E-state index in [4.69, 9.17) is 15.2 Å². The Labute approximate surface area is 167 Å². The van der Waals surface area contributed by atoms with Crippen molar-refractivity contribution in [2.45, 2.75) is 13.0 Å². The van der Waals surface area contributed by atoms with Gasteiger partial charge < -0.3 is 20.5 Å². The second kappa shape index (κ2) is 7.27. The van der Waals surface area contributed by atoms with Crippen molar-refractivity contribution < 1.29 is 14.3 Å². The van der Waals surface area contributed by atoms with E-state index in [2.05, 4.69) is 20.4 Å². The topological polar surface area (TPSA) is 117 Å². The Bertz CT molecular complexity index is 1110. The van der Waals surface area contributed by atoms with E-state index in [9.17, 15) is 4.79 Å². The summed E-state index contributed by atoms with van der Waals surface area (Å²) in [5.74, 6) is 1.65. The molecule has 0 aliphatic carbocycles. The number of nitrogens with one attached hydrogen (secondary N) is 1. The van der Waals surface area contributed by atoms with E-state index in [1.54, 1.807) is 50.4 Å². The molecule has 148 valence electrons. The Kier molecular flexibility index (Phi) is 4.63. The van der Waals surface area contributed by atoms with Gasteiger partial charge in [-0.2, -0.15) is 4.98 Å². The third-order valence-corrected chi connectivity index (χ3v) is 4.78. The van der Waals surface area contributed by atoms with Crippen molar-refractivity contribution in [3.8, 4) is 22.9 Å². The molecule has 2 aromatic heterocycles. The molecule has 0 bridgehead atoms. The smallest absolute Gasteiger partial charge is 0.248 e. The minimum Gasteiger partial charge on any atom is -0.493 e. The minimum atomic E-state index is -0.523. The maximum atomic E-state index is 12.2. The highest BCUT2D eigenvalue weighted by atomic mass is 16.5. The summed E-state index contributed by atoms with van der Waals surface area (Å²) >= 11 is 0. The number of carbonyl (C=O) groups excluding carboxylic acids is 1. The third-order valence-electron chi connectivity index (χ3n) is 4.78. The molecule has 1 amide bonds. The number of fused-ring (bicyclic) bond motifs is 1. The van der Waals surface area contributed by atoms with E-state index < -0.39 is 11.9 Å². The number of allylic oxidation sites excluding steroid dienone is 1. The van der Waals surface area contributed by atoms with Crippen molar-refractivity contribution in [1.82, 2.24) is 19.7 Å². The van der Waals surface area contributed by atoms with Crippen molar-refractivity contribution in [2.24, 2.45) is 5.73 Å². The lowest BCUT2D eigenvalue weighted by Crippen LogP contribution is -2.31. The van der Waals surface area contributed by atoms with E-state index in [0.29, 0.717) is 34.5 Å². The number of ether oxygens (including phenoxy) is 2. The fourth-order valence-corrected chi connectivity index (χ4v) is 3.42. The summed E-state index contributed by atoms with van der Waals surface area (Å²) < 4.78 is 12.3. The van der Waals surface area contributed by atoms with Crippen LogP contribution in [0.15, 0.2) is 54.0 Å². The van der Waals surface area contributed by atoms with Gasteiger partial charge in [-0.25, -0.2) is 4.68 Å². The number of amides is 1. The minimum absolute atomic E-state index is 0.424. The summed E-state index contributed by atoms with van der Waals surface area (Å²) in [5.41, 5.74) is 8.33. The highest BCUT2D eigenvalue weighted by molar-refractivity contribution is 5.95. The van der Waals surface area contributed by atoms with Gasteiger partial charge in [0, 0.05) is 23.7 Å². The zero-order valence-electron chi connectivity index (χ0n) is 16.2. The van der Waals surface area contributed by atoms with Crippen molar-refractivity contribution in [3.05, 3.63) is 59.6 Å². The van der Waals surface area contributed by atoms with Crippen molar-refractivity contribution in [2.75, 3.05) is 19.5 Å². The maximum absolute atomic E-state index is 12.2. The lowest BCUT2D eigenvalue weighted by Gasteiger charge is -2.27. The van der Waals surface area contributed by atoms with Gasteiger partial charge >= 0.3 is 0 Å². The number of benzene rings is 1. The molecule has 0 saturated carbocycles. The summed E-state index contributed by atoms with van der Waals surface area (Å²) in [4.78, 5) is 20.9. The molecule has 3 N–H and O–H groups in total. The first kappa shape index (κ1) is 18.5. The SMILES string of the molecule is COc1ccc(-c2nc3n(n2)[C@H](c2ccncc2)C(C(N)=O)=C(C)N3)cc1OC. The quantitative estimate of drug-likeness (QED) is 0.683. The van der Waals surface area contributed by atoms with Crippen LogP contribution >= 0.6 is 0 Å². The molecule has 0 saturated heterocycles. The zero-order valence-corrected chi connectivity index (χ0v) is 16.2.